The van der Waals surface area contributed by atoms with Crippen LogP contribution in [-0.2, 0) is 15.8 Å². The van der Waals surface area contributed by atoms with Crippen LogP contribution < -0.4 is 0 Å². The number of fused-ring (bicyclic) bond motifs is 2. The summed E-state index contributed by atoms with van der Waals surface area (Å²) >= 11 is 0. The predicted molar refractivity (Wildman–Crippen MR) is 95.9 cm³/mol. The van der Waals surface area contributed by atoms with Gasteiger partial charge in [0.05, 0.1) is 5.75 Å². The Labute approximate surface area is 145 Å². The lowest BCUT2D eigenvalue weighted by atomic mass is 9.93. The van der Waals surface area contributed by atoms with Gasteiger partial charge in [-0.15, -0.1) is 0 Å². The number of piperazine rings is 1. The van der Waals surface area contributed by atoms with Crippen LogP contribution in [0.3, 0.4) is 0 Å². The molecule has 1 heterocycles. The number of hydrogen-bond donors (Lipinski definition) is 0. The summed E-state index contributed by atoms with van der Waals surface area (Å²) in [5.74, 6) is 2.49. The molecule has 4 nitrogen and oxygen atoms in total. The van der Waals surface area contributed by atoms with Crippen LogP contribution in [0.4, 0.5) is 0 Å². The number of hydrogen-bond acceptors (Lipinski definition) is 3. The highest BCUT2D eigenvalue weighted by Gasteiger charge is 2.37. The molecule has 1 aromatic rings. The summed E-state index contributed by atoms with van der Waals surface area (Å²) in [5, 5.41) is 0. The van der Waals surface area contributed by atoms with E-state index >= 15 is 0 Å². The van der Waals surface area contributed by atoms with Crippen molar-refractivity contribution >= 4 is 10.0 Å². The van der Waals surface area contributed by atoms with E-state index in [1.165, 1.54) is 12.8 Å². The minimum atomic E-state index is -3.20. The minimum absolute atomic E-state index is 0.116. The highest BCUT2D eigenvalue weighted by Crippen LogP contribution is 2.43. The molecule has 0 N–H and O–H groups in total. The Morgan fingerprint density at radius 3 is 2.33 bits per heavy atom. The molecule has 2 fully saturated rings. The van der Waals surface area contributed by atoms with Crippen LogP contribution in [0.25, 0.3) is 0 Å². The first-order chi connectivity index (χ1) is 11.6. The van der Waals surface area contributed by atoms with Gasteiger partial charge < -0.3 is 4.90 Å². The monoisotopic (exact) mass is 346 g/mol. The molecule has 0 spiro atoms. The summed E-state index contributed by atoms with van der Waals surface area (Å²) in [6.07, 6.45) is 7.46. The Hall–Kier alpha value is -1.17. The van der Waals surface area contributed by atoms with Crippen molar-refractivity contribution in [3.63, 3.8) is 0 Å². The minimum Gasteiger partial charge on any atom is -0.300 e. The van der Waals surface area contributed by atoms with Crippen molar-refractivity contribution in [3.05, 3.63) is 48.0 Å². The summed E-state index contributed by atoms with van der Waals surface area (Å²) in [7, 11) is -3.20. The molecule has 130 valence electrons. The number of nitrogens with zero attached hydrogens (tertiary/aromatic N) is 2. The first-order valence-electron chi connectivity index (χ1n) is 9.02. The summed E-state index contributed by atoms with van der Waals surface area (Å²) in [4.78, 5) is 2.47. The second-order valence-electron chi connectivity index (χ2n) is 7.48. The summed E-state index contributed by atoms with van der Waals surface area (Å²) in [6, 6.07) is 9.48. The first-order valence-corrected chi connectivity index (χ1v) is 10.6. The van der Waals surface area contributed by atoms with E-state index in [0.717, 1.165) is 43.0 Å². The van der Waals surface area contributed by atoms with Crippen LogP contribution in [0.1, 0.15) is 18.4 Å². The molecule has 0 aromatic heterocycles. The molecule has 1 aliphatic heterocycles. The van der Waals surface area contributed by atoms with E-state index in [9.17, 15) is 8.42 Å². The van der Waals surface area contributed by atoms with E-state index in [1.54, 1.807) is 4.31 Å². The fourth-order valence-corrected chi connectivity index (χ4v) is 6.02. The topological polar surface area (TPSA) is 40.6 Å². The molecule has 3 atom stereocenters. The zero-order valence-electron chi connectivity index (χ0n) is 14.0. The fraction of sp³-hybridized carbons (Fsp3) is 0.579. The molecule has 0 amide bonds. The zero-order valence-corrected chi connectivity index (χ0v) is 14.9. The van der Waals surface area contributed by atoms with Gasteiger partial charge in [-0.25, -0.2) is 8.42 Å². The van der Waals surface area contributed by atoms with Gasteiger partial charge >= 0.3 is 0 Å². The molecule has 4 rings (SSSR count). The van der Waals surface area contributed by atoms with Crippen molar-refractivity contribution in [1.29, 1.82) is 0 Å². The van der Waals surface area contributed by atoms with E-state index < -0.39 is 10.0 Å². The number of sulfonamides is 1. The number of allylic oxidation sites excluding steroid dienone is 2. The van der Waals surface area contributed by atoms with Gasteiger partial charge in [-0.05, 0) is 36.2 Å². The van der Waals surface area contributed by atoms with Gasteiger partial charge in [0, 0.05) is 32.7 Å². The van der Waals surface area contributed by atoms with Crippen LogP contribution in [0.5, 0.6) is 0 Å². The van der Waals surface area contributed by atoms with E-state index in [2.05, 4.69) is 17.1 Å². The zero-order chi connectivity index (χ0) is 16.6. The molecular formula is C19H26N2O2S. The largest absolute Gasteiger partial charge is 0.300 e. The van der Waals surface area contributed by atoms with E-state index in [4.69, 9.17) is 0 Å². The molecule has 3 aliphatic rings. The molecule has 5 heteroatoms. The third-order valence-electron chi connectivity index (χ3n) is 5.83. The van der Waals surface area contributed by atoms with E-state index in [1.807, 2.05) is 30.3 Å². The second kappa shape index (κ2) is 6.62. The molecule has 1 aromatic carbocycles. The number of benzene rings is 1. The van der Waals surface area contributed by atoms with Crippen molar-refractivity contribution in [3.8, 4) is 0 Å². The molecule has 0 unspecified atom stereocenters. The quantitative estimate of drug-likeness (QED) is 0.769. The van der Waals surface area contributed by atoms with Gasteiger partial charge in [-0.2, -0.15) is 4.31 Å². The van der Waals surface area contributed by atoms with Crippen LogP contribution in [0.2, 0.25) is 0 Å². The molecule has 0 radical (unpaired) electrons. The third-order valence-corrected chi connectivity index (χ3v) is 7.68. The smallest absolute Gasteiger partial charge is 0.218 e. The lowest BCUT2D eigenvalue weighted by molar-refractivity contribution is 0.156. The molecular weight excluding hydrogens is 320 g/mol. The van der Waals surface area contributed by atoms with Crippen molar-refractivity contribution in [2.75, 3.05) is 32.7 Å². The van der Waals surface area contributed by atoms with Crippen molar-refractivity contribution in [2.24, 2.45) is 17.8 Å². The summed E-state index contributed by atoms with van der Waals surface area (Å²) < 4.78 is 26.9. The third kappa shape index (κ3) is 3.44. The van der Waals surface area contributed by atoms with Gasteiger partial charge in [-0.1, -0.05) is 42.5 Å². The Balaban J connectivity index is 1.30. The lowest BCUT2D eigenvalue weighted by Gasteiger charge is -2.36. The maximum Gasteiger partial charge on any atom is 0.218 e. The highest BCUT2D eigenvalue weighted by molar-refractivity contribution is 7.88. The molecule has 2 aliphatic carbocycles. The van der Waals surface area contributed by atoms with Gasteiger partial charge in [0.25, 0.3) is 0 Å². The molecule has 1 saturated carbocycles. The van der Waals surface area contributed by atoms with Crippen LogP contribution >= 0.6 is 0 Å². The molecule has 2 bridgehead atoms. The standard InChI is InChI=1S/C19H26N2O2S/c22-24(23,15-16-4-2-1-3-5-16)21-10-8-20(9-11-21)14-19-13-17-6-7-18(19)12-17/h1-7,17-19H,8-15H2/t17-,18-,19+/m0/s1. The predicted octanol–water partition coefficient (Wildman–Crippen LogP) is 2.35. The molecule has 1 saturated heterocycles. The van der Waals surface area contributed by atoms with Crippen molar-refractivity contribution < 1.29 is 8.42 Å². The SMILES string of the molecule is O=S(=O)(Cc1ccccc1)N1CCN(C[C@H]2C[C@H]3C=C[C@H]2C3)CC1. The maximum atomic E-state index is 12.6. The van der Waals surface area contributed by atoms with E-state index in [0.29, 0.717) is 13.1 Å². The summed E-state index contributed by atoms with van der Waals surface area (Å²) in [6.45, 7) is 4.13. The normalized spacial score (nSPS) is 30.9. The Morgan fingerprint density at radius 1 is 0.958 bits per heavy atom. The lowest BCUT2D eigenvalue weighted by Crippen LogP contribution is -2.50. The van der Waals surface area contributed by atoms with Crippen LogP contribution in [0, 0.1) is 17.8 Å². The van der Waals surface area contributed by atoms with Crippen molar-refractivity contribution in [2.45, 2.75) is 18.6 Å². The Morgan fingerprint density at radius 2 is 1.71 bits per heavy atom. The second-order valence-corrected chi connectivity index (χ2v) is 9.45. The highest BCUT2D eigenvalue weighted by atomic mass is 32.2. The van der Waals surface area contributed by atoms with Crippen LogP contribution in [-0.4, -0.2) is 50.3 Å². The van der Waals surface area contributed by atoms with E-state index in [-0.39, 0.29) is 5.75 Å². The van der Waals surface area contributed by atoms with Crippen molar-refractivity contribution in [1.82, 2.24) is 9.21 Å². The van der Waals surface area contributed by atoms with Gasteiger partial charge in [0.15, 0.2) is 0 Å². The van der Waals surface area contributed by atoms with Gasteiger partial charge in [-0.3, -0.25) is 0 Å². The van der Waals surface area contributed by atoms with Gasteiger partial charge in [0.2, 0.25) is 10.0 Å². The summed E-state index contributed by atoms with van der Waals surface area (Å²) in [5.41, 5.74) is 0.869. The average Bonchev–Trinajstić information content (AvgIpc) is 3.19. The maximum absolute atomic E-state index is 12.6. The van der Waals surface area contributed by atoms with Crippen LogP contribution in [0.15, 0.2) is 42.5 Å². The number of rotatable bonds is 5. The first kappa shape index (κ1) is 16.3. The Kier molecular flexibility index (Phi) is 4.50. The average molecular weight is 346 g/mol. The molecule has 24 heavy (non-hydrogen) atoms. The van der Waals surface area contributed by atoms with Gasteiger partial charge in [0.1, 0.15) is 0 Å². The Bertz CT molecular complexity index is 693. The fourth-order valence-electron chi connectivity index (χ4n) is 4.50.